The molecule has 2 aromatic heterocycles. The van der Waals surface area contributed by atoms with Crippen molar-refractivity contribution in [3.05, 3.63) is 64.5 Å². The number of nitrogens with two attached hydrogens (primary N) is 1. The number of rotatable bonds is 5. The number of nitrogens with one attached hydrogen (secondary N) is 2. The van der Waals surface area contributed by atoms with Crippen LogP contribution in [0.4, 0.5) is 5.82 Å². The second kappa shape index (κ2) is 7.00. The van der Waals surface area contributed by atoms with Crippen LogP contribution in [0.5, 0.6) is 0 Å². The van der Waals surface area contributed by atoms with Gasteiger partial charge in [0.15, 0.2) is 0 Å². The van der Waals surface area contributed by atoms with Crippen LogP contribution in [0.3, 0.4) is 0 Å². The normalized spacial score (nSPS) is 10.6. The first kappa shape index (κ1) is 16.4. The number of imidazole rings is 1. The molecule has 0 saturated heterocycles. The van der Waals surface area contributed by atoms with E-state index in [1.165, 1.54) is 12.3 Å². The van der Waals surface area contributed by atoms with Gasteiger partial charge in [-0.25, -0.2) is 9.97 Å². The average molecular weight is 338 g/mol. The zero-order valence-electron chi connectivity index (χ0n) is 13.7. The van der Waals surface area contributed by atoms with Crippen molar-refractivity contribution in [2.45, 2.75) is 6.42 Å². The third-order valence-electron chi connectivity index (χ3n) is 3.71. The number of aromatic amines is 1. The molecular weight excluding hydrogens is 320 g/mol. The Morgan fingerprint density at radius 1 is 1.32 bits per heavy atom. The Kier molecular flexibility index (Phi) is 4.60. The smallest absolute Gasteiger partial charge is 0.269 e. The van der Waals surface area contributed by atoms with Gasteiger partial charge in [0.2, 0.25) is 0 Å². The Hall–Kier alpha value is -3.42. The molecule has 3 aromatic rings. The van der Waals surface area contributed by atoms with Crippen LogP contribution < -0.4 is 16.6 Å². The molecule has 0 bridgehead atoms. The van der Waals surface area contributed by atoms with E-state index in [1.807, 2.05) is 30.3 Å². The lowest BCUT2D eigenvalue weighted by Gasteiger charge is -2.07. The number of aromatic nitrogens is 4. The second-order valence-corrected chi connectivity index (χ2v) is 5.51. The van der Waals surface area contributed by atoms with E-state index in [4.69, 9.17) is 5.73 Å². The van der Waals surface area contributed by atoms with Gasteiger partial charge in [0.1, 0.15) is 23.2 Å². The molecule has 25 heavy (non-hydrogen) atoms. The van der Waals surface area contributed by atoms with Gasteiger partial charge in [-0.3, -0.25) is 9.59 Å². The number of nitrogen functional groups attached to an aromatic ring is 1. The Balaban J connectivity index is 1.66. The molecule has 1 amide bonds. The Labute approximate surface area is 143 Å². The summed E-state index contributed by atoms with van der Waals surface area (Å²) in [6, 6.07) is 10.8. The number of hydrogen-bond acceptors (Lipinski definition) is 5. The van der Waals surface area contributed by atoms with E-state index < -0.39 is 0 Å². The number of anilines is 1. The minimum atomic E-state index is -0.312. The fourth-order valence-electron chi connectivity index (χ4n) is 2.51. The molecule has 8 heteroatoms. The maximum absolute atomic E-state index is 12.3. The summed E-state index contributed by atoms with van der Waals surface area (Å²) in [6.07, 6.45) is 1.91. The molecule has 0 unspecified atom stereocenters. The van der Waals surface area contributed by atoms with Crippen molar-refractivity contribution >= 4 is 11.7 Å². The number of carbonyl (C=O) groups excluding carboxylic acids is 1. The van der Waals surface area contributed by atoms with Crippen LogP contribution in [0.2, 0.25) is 0 Å². The van der Waals surface area contributed by atoms with Crippen LogP contribution >= 0.6 is 0 Å². The SMILES string of the molecule is Cn1c(C(=O)NCCc2nc(N)cc(=O)[nH]2)cnc1-c1ccccc1. The third-order valence-corrected chi connectivity index (χ3v) is 3.71. The summed E-state index contributed by atoms with van der Waals surface area (Å²) in [5.41, 5.74) is 6.61. The molecule has 0 spiro atoms. The van der Waals surface area contributed by atoms with Gasteiger partial charge in [0.05, 0.1) is 6.20 Å². The van der Waals surface area contributed by atoms with Crippen molar-refractivity contribution in [1.82, 2.24) is 24.8 Å². The number of hydrogen-bond donors (Lipinski definition) is 3. The quantitative estimate of drug-likeness (QED) is 0.633. The summed E-state index contributed by atoms with van der Waals surface area (Å²) in [6.45, 7) is 0.317. The number of carbonyl (C=O) groups is 1. The Bertz CT molecular complexity index is 945. The molecule has 0 aliphatic heterocycles. The highest BCUT2D eigenvalue weighted by Gasteiger charge is 2.14. The van der Waals surface area contributed by atoms with Crippen LogP contribution in [0.15, 0.2) is 47.4 Å². The third kappa shape index (κ3) is 3.74. The molecule has 0 saturated carbocycles. The highest BCUT2D eigenvalue weighted by atomic mass is 16.2. The van der Waals surface area contributed by atoms with Crippen LogP contribution in [-0.2, 0) is 13.5 Å². The molecule has 0 fully saturated rings. The second-order valence-electron chi connectivity index (χ2n) is 5.51. The minimum absolute atomic E-state index is 0.157. The first-order valence-electron chi connectivity index (χ1n) is 7.75. The van der Waals surface area contributed by atoms with E-state index in [0.29, 0.717) is 30.3 Å². The number of H-pyrrole nitrogens is 1. The van der Waals surface area contributed by atoms with Gasteiger partial charge in [-0.15, -0.1) is 0 Å². The Morgan fingerprint density at radius 2 is 2.08 bits per heavy atom. The van der Waals surface area contributed by atoms with Crippen molar-refractivity contribution in [3.63, 3.8) is 0 Å². The topological polar surface area (TPSA) is 119 Å². The van der Waals surface area contributed by atoms with E-state index >= 15 is 0 Å². The summed E-state index contributed by atoms with van der Waals surface area (Å²) in [5, 5.41) is 2.79. The van der Waals surface area contributed by atoms with E-state index in [0.717, 1.165) is 5.56 Å². The molecular formula is C17H18N6O2. The van der Waals surface area contributed by atoms with Crippen molar-refractivity contribution in [1.29, 1.82) is 0 Å². The lowest BCUT2D eigenvalue weighted by Crippen LogP contribution is -2.28. The maximum Gasteiger partial charge on any atom is 0.269 e. The molecule has 0 aliphatic carbocycles. The van der Waals surface area contributed by atoms with Crippen molar-refractivity contribution in [2.24, 2.45) is 7.05 Å². The van der Waals surface area contributed by atoms with E-state index in [2.05, 4.69) is 20.3 Å². The molecule has 0 atom stereocenters. The fourth-order valence-corrected chi connectivity index (χ4v) is 2.51. The van der Waals surface area contributed by atoms with Crippen LogP contribution in [-0.4, -0.2) is 32.0 Å². The highest BCUT2D eigenvalue weighted by Crippen LogP contribution is 2.17. The molecule has 0 radical (unpaired) electrons. The minimum Gasteiger partial charge on any atom is -0.383 e. The highest BCUT2D eigenvalue weighted by molar-refractivity contribution is 5.93. The fraction of sp³-hybridized carbons (Fsp3) is 0.176. The molecule has 0 aliphatic rings. The summed E-state index contributed by atoms with van der Waals surface area (Å²) in [4.78, 5) is 34.6. The standard InChI is InChI=1S/C17H18N6O2/c1-23-12(10-20-16(23)11-5-3-2-4-6-11)17(25)19-8-7-14-21-13(18)9-15(24)22-14/h2-6,9-10H,7-8H2,1H3,(H,19,25)(H3,18,21,22,24). The summed E-state index contributed by atoms with van der Waals surface area (Å²) in [7, 11) is 1.79. The molecule has 2 heterocycles. The lowest BCUT2D eigenvalue weighted by atomic mass is 10.2. The molecule has 4 N–H and O–H groups in total. The number of benzene rings is 1. The van der Waals surface area contributed by atoms with Gasteiger partial charge >= 0.3 is 0 Å². The molecule has 1 aromatic carbocycles. The van der Waals surface area contributed by atoms with E-state index in [-0.39, 0.29) is 17.3 Å². The molecule has 8 nitrogen and oxygen atoms in total. The van der Waals surface area contributed by atoms with Crippen molar-refractivity contribution in [2.75, 3.05) is 12.3 Å². The zero-order chi connectivity index (χ0) is 17.8. The maximum atomic E-state index is 12.3. The lowest BCUT2D eigenvalue weighted by molar-refractivity contribution is 0.0946. The zero-order valence-corrected chi connectivity index (χ0v) is 13.7. The van der Waals surface area contributed by atoms with Gasteiger partial charge < -0.3 is 20.6 Å². The van der Waals surface area contributed by atoms with Crippen LogP contribution in [0.1, 0.15) is 16.3 Å². The summed E-state index contributed by atoms with van der Waals surface area (Å²) in [5.74, 6) is 1.06. The van der Waals surface area contributed by atoms with Crippen molar-refractivity contribution < 1.29 is 4.79 Å². The first-order valence-corrected chi connectivity index (χ1v) is 7.75. The molecule has 128 valence electrons. The Morgan fingerprint density at radius 3 is 2.80 bits per heavy atom. The number of nitrogens with zero attached hydrogens (tertiary/aromatic N) is 3. The van der Waals surface area contributed by atoms with Crippen LogP contribution in [0, 0.1) is 0 Å². The van der Waals surface area contributed by atoms with Gasteiger partial charge in [-0.2, -0.15) is 0 Å². The first-order chi connectivity index (χ1) is 12.0. The predicted octanol–water partition coefficient (Wildman–Crippen LogP) is 0.725. The van der Waals surface area contributed by atoms with Gasteiger partial charge in [-0.1, -0.05) is 30.3 Å². The largest absolute Gasteiger partial charge is 0.383 e. The monoisotopic (exact) mass is 338 g/mol. The summed E-state index contributed by atoms with van der Waals surface area (Å²) >= 11 is 0. The summed E-state index contributed by atoms with van der Waals surface area (Å²) < 4.78 is 1.74. The van der Waals surface area contributed by atoms with Crippen molar-refractivity contribution in [3.8, 4) is 11.4 Å². The number of amides is 1. The molecule has 3 rings (SSSR count). The van der Waals surface area contributed by atoms with Crippen LogP contribution in [0.25, 0.3) is 11.4 Å². The van der Waals surface area contributed by atoms with Gasteiger partial charge in [0, 0.05) is 31.6 Å². The van der Waals surface area contributed by atoms with Gasteiger partial charge in [0.25, 0.3) is 11.5 Å². The van der Waals surface area contributed by atoms with E-state index in [1.54, 1.807) is 11.6 Å². The predicted molar refractivity (Wildman–Crippen MR) is 94.0 cm³/mol. The average Bonchev–Trinajstić information content (AvgIpc) is 2.96. The van der Waals surface area contributed by atoms with E-state index in [9.17, 15) is 9.59 Å². The van der Waals surface area contributed by atoms with Gasteiger partial charge in [-0.05, 0) is 0 Å².